The minimum atomic E-state index is -0.521. The molecule has 0 saturated carbocycles. The highest BCUT2D eigenvalue weighted by molar-refractivity contribution is 9.10. The molecule has 1 rings (SSSR count). The topological polar surface area (TPSA) is 58.6 Å². The molecule has 0 fully saturated rings. The number of ether oxygens (including phenoxy) is 1. The summed E-state index contributed by atoms with van der Waals surface area (Å²) in [5.41, 5.74) is 0.109. The summed E-state index contributed by atoms with van der Waals surface area (Å²) in [5.74, 6) is -1.31. The fourth-order valence-corrected chi connectivity index (χ4v) is 2.09. The summed E-state index contributed by atoms with van der Waals surface area (Å²) in [5, 5.41) is 2.49. The summed E-state index contributed by atoms with van der Waals surface area (Å²) >= 11 is 3.15. The van der Waals surface area contributed by atoms with Gasteiger partial charge in [0.15, 0.2) is 0 Å². The third kappa shape index (κ3) is 6.22. The molecule has 0 atom stereocenters. The smallest absolute Gasteiger partial charge is 0.319 e. The fraction of sp³-hybridized carbons (Fsp3) is 0.429. The number of carbonyl (C=O) groups is 2. The van der Waals surface area contributed by atoms with E-state index in [0.29, 0.717) is 11.0 Å². The Bertz CT molecular complexity index is 511. The summed E-state index contributed by atoms with van der Waals surface area (Å²) in [6.07, 6.45) is 0.789. The molecular formula is C14H18BrFN2O3. The Kier molecular flexibility index (Phi) is 7.31. The Hall–Kier alpha value is -1.47. The fourth-order valence-electron chi connectivity index (χ4n) is 1.76. The van der Waals surface area contributed by atoms with Crippen molar-refractivity contribution >= 4 is 33.5 Å². The lowest BCUT2D eigenvalue weighted by Gasteiger charge is -2.19. The van der Waals surface area contributed by atoms with E-state index in [1.54, 1.807) is 11.0 Å². The normalized spacial score (nSPS) is 10.5. The molecule has 0 bridgehead atoms. The Morgan fingerprint density at radius 2 is 2.10 bits per heavy atom. The van der Waals surface area contributed by atoms with Gasteiger partial charge in [-0.2, -0.15) is 0 Å². The maximum absolute atomic E-state index is 13.6. The summed E-state index contributed by atoms with van der Waals surface area (Å²) in [6, 6.07) is 4.38. The maximum Gasteiger partial charge on any atom is 0.319 e. The van der Waals surface area contributed by atoms with Gasteiger partial charge < -0.3 is 10.1 Å². The average Bonchev–Trinajstić information content (AvgIpc) is 2.42. The van der Waals surface area contributed by atoms with Gasteiger partial charge in [0.05, 0.1) is 25.9 Å². The first-order valence-corrected chi connectivity index (χ1v) is 7.29. The number of benzene rings is 1. The van der Waals surface area contributed by atoms with Crippen molar-refractivity contribution in [2.45, 2.75) is 13.3 Å². The Morgan fingerprint density at radius 1 is 1.38 bits per heavy atom. The van der Waals surface area contributed by atoms with Crippen molar-refractivity contribution in [3.8, 4) is 0 Å². The number of nitrogens with one attached hydrogen (secondary N) is 1. The van der Waals surface area contributed by atoms with Gasteiger partial charge >= 0.3 is 5.97 Å². The SMILES string of the molecule is CCCN(CC(=O)Nc1ccc(Br)cc1F)CC(=O)OC. The lowest BCUT2D eigenvalue weighted by molar-refractivity contribution is -0.142. The highest BCUT2D eigenvalue weighted by atomic mass is 79.9. The molecule has 0 unspecified atom stereocenters. The lowest BCUT2D eigenvalue weighted by Crippen LogP contribution is -2.37. The molecule has 0 aliphatic carbocycles. The van der Waals surface area contributed by atoms with E-state index in [1.165, 1.54) is 19.2 Å². The van der Waals surface area contributed by atoms with E-state index < -0.39 is 11.8 Å². The van der Waals surface area contributed by atoms with Crippen LogP contribution >= 0.6 is 15.9 Å². The zero-order chi connectivity index (χ0) is 15.8. The van der Waals surface area contributed by atoms with E-state index in [4.69, 9.17) is 0 Å². The van der Waals surface area contributed by atoms with Gasteiger partial charge in [-0.25, -0.2) is 4.39 Å². The molecular weight excluding hydrogens is 343 g/mol. The number of amides is 1. The van der Waals surface area contributed by atoms with Crippen LogP contribution in [0, 0.1) is 5.82 Å². The van der Waals surface area contributed by atoms with Gasteiger partial charge in [0.2, 0.25) is 5.91 Å². The van der Waals surface area contributed by atoms with E-state index >= 15 is 0 Å². The third-order valence-electron chi connectivity index (χ3n) is 2.69. The summed E-state index contributed by atoms with van der Waals surface area (Å²) in [6.45, 7) is 2.54. The molecule has 21 heavy (non-hydrogen) atoms. The second kappa shape index (κ2) is 8.74. The van der Waals surface area contributed by atoms with E-state index in [0.717, 1.165) is 6.42 Å². The monoisotopic (exact) mass is 360 g/mol. The standard InChI is InChI=1S/C14H18BrFN2O3/c1-3-6-18(9-14(20)21-2)8-13(19)17-12-5-4-10(15)7-11(12)16/h4-5,7H,3,6,8-9H2,1-2H3,(H,17,19). The van der Waals surface area contributed by atoms with Gasteiger partial charge in [0.25, 0.3) is 0 Å². The number of hydrogen-bond donors (Lipinski definition) is 1. The molecule has 0 aliphatic heterocycles. The van der Waals surface area contributed by atoms with Crippen LogP contribution < -0.4 is 5.32 Å². The predicted octanol–water partition coefficient (Wildman–Crippen LogP) is 2.41. The molecule has 0 saturated heterocycles. The number of esters is 1. The van der Waals surface area contributed by atoms with E-state index in [2.05, 4.69) is 26.0 Å². The average molecular weight is 361 g/mol. The highest BCUT2D eigenvalue weighted by Crippen LogP contribution is 2.19. The summed E-state index contributed by atoms with van der Waals surface area (Å²) < 4.78 is 18.8. The first-order valence-electron chi connectivity index (χ1n) is 6.50. The van der Waals surface area contributed by atoms with Crippen molar-refractivity contribution in [3.63, 3.8) is 0 Å². The molecule has 7 heteroatoms. The van der Waals surface area contributed by atoms with E-state index in [-0.39, 0.29) is 24.7 Å². The van der Waals surface area contributed by atoms with E-state index in [9.17, 15) is 14.0 Å². The molecule has 0 radical (unpaired) electrons. The second-order valence-electron chi connectivity index (χ2n) is 4.46. The van der Waals surface area contributed by atoms with Crippen LogP contribution in [0.15, 0.2) is 22.7 Å². The van der Waals surface area contributed by atoms with Crippen LogP contribution in [-0.2, 0) is 14.3 Å². The van der Waals surface area contributed by atoms with Crippen molar-refractivity contribution in [1.82, 2.24) is 4.90 Å². The Morgan fingerprint density at radius 3 is 2.67 bits per heavy atom. The van der Waals surface area contributed by atoms with E-state index in [1.807, 2.05) is 6.92 Å². The number of carbonyl (C=O) groups excluding carboxylic acids is 2. The Balaban J connectivity index is 2.62. The largest absolute Gasteiger partial charge is 0.468 e. The van der Waals surface area contributed by atoms with Gasteiger partial charge in [-0.05, 0) is 31.2 Å². The lowest BCUT2D eigenvalue weighted by atomic mass is 10.3. The number of halogens is 2. The van der Waals surface area contributed by atoms with Crippen molar-refractivity contribution in [1.29, 1.82) is 0 Å². The van der Waals surface area contributed by atoms with Crippen LogP contribution in [-0.4, -0.2) is 43.5 Å². The number of anilines is 1. The summed E-state index contributed by atoms with van der Waals surface area (Å²) in [7, 11) is 1.30. The molecule has 0 spiro atoms. The molecule has 1 N–H and O–H groups in total. The minimum absolute atomic E-state index is 0.00154. The molecule has 0 aliphatic rings. The number of methoxy groups -OCH3 is 1. The minimum Gasteiger partial charge on any atom is -0.468 e. The van der Waals surface area contributed by atoms with Crippen LogP contribution in [0.2, 0.25) is 0 Å². The number of nitrogens with zero attached hydrogens (tertiary/aromatic N) is 1. The molecule has 1 amide bonds. The molecule has 0 aromatic heterocycles. The number of hydrogen-bond acceptors (Lipinski definition) is 4. The Labute approximate surface area is 131 Å². The van der Waals surface area contributed by atoms with Crippen LogP contribution in [0.25, 0.3) is 0 Å². The zero-order valence-electron chi connectivity index (χ0n) is 12.0. The quantitative estimate of drug-likeness (QED) is 0.758. The molecule has 0 heterocycles. The highest BCUT2D eigenvalue weighted by Gasteiger charge is 2.15. The van der Waals surface area contributed by atoms with Gasteiger partial charge in [-0.15, -0.1) is 0 Å². The van der Waals surface area contributed by atoms with Crippen LogP contribution in [0.3, 0.4) is 0 Å². The van der Waals surface area contributed by atoms with Crippen molar-refractivity contribution < 1.29 is 18.7 Å². The third-order valence-corrected chi connectivity index (χ3v) is 3.19. The molecule has 1 aromatic rings. The molecule has 5 nitrogen and oxygen atoms in total. The number of rotatable bonds is 7. The maximum atomic E-state index is 13.6. The zero-order valence-corrected chi connectivity index (χ0v) is 13.6. The van der Waals surface area contributed by atoms with Crippen LogP contribution in [0.1, 0.15) is 13.3 Å². The van der Waals surface area contributed by atoms with Crippen molar-refractivity contribution in [3.05, 3.63) is 28.5 Å². The first kappa shape index (κ1) is 17.6. The molecule has 116 valence electrons. The van der Waals surface area contributed by atoms with Gasteiger partial charge in [-0.3, -0.25) is 14.5 Å². The van der Waals surface area contributed by atoms with Crippen molar-refractivity contribution in [2.75, 3.05) is 32.1 Å². The summed E-state index contributed by atoms with van der Waals surface area (Å²) in [4.78, 5) is 24.8. The first-order chi connectivity index (χ1) is 9.96. The van der Waals surface area contributed by atoms with Gasteiger partial charge in [0.1, 0.15) is 5.82 Å². The van der Waals surface area contributed by atoms with Crippen LogP contribution in [0.5, 0.6) is 0 Å². The van der Waals surface area contributed by atoms with Crippen molar-refractivity contribution in [2.24, 2.45) is 0 Å². The second-order valence-corrected chi connectivity index (χ2v) is 5.37. The van der Waals surface area contributed by atoms with Gasteiger partial charge in [-0.1, -0.05) is 22.9 Å². The molecule has 1 aromatic carbocycles. The van der Waals surface area contributed by atoms with Crippen LogP contribution in [0.4, 0.5) is 10.1 Å². The predicted molar refractivity (Wildman–Crippen MR) is 81.5 cm³/mol. The van der Waals surface area contributed by atoms with Gasteiger partial charge in [0, 0.05) is 4.47 Å².